The second kappa shape index (κ2) is 10.9. The first-order chi connectivity index (χ1) is 16.1. The van der Waals surface area contributed by atoms with Gasteiger partial charge >= 0.3 is 0 Å². The quantitative estimate of drug-likeness (QED) is 0.344. The van der Waals surface area contributed by atoms with Crippen LogP contribution >= 0.6 is 11.8 Å². The molecule has 0 radical (unpaired) electrons. The van der Waals surface area contributed by atoms with E-state index in [4.69, 9.17) is 4.74 Å². The summed E-state index contributed by atoms with van der Waals surface area (Å²) in [5.41, 5.74) is 1.10. The smallest absolute Gasteiger partial charge is 0.230 e. The molecule has 7 heteroatoms. The summed E-state index contributed by atoms with van der Waals surface area (Å²) >= 11 is 1.41. The summed E-state index contributed by atoms with van der Waals surface area (Å²) in [5, 5.41) is 14.9. The van der Waals surface area contributed by atoms with Crippen LogP contribution in [0.1, 0.15) is 44.0 Å². The third-order valence-corrected chi connectivity index (χ3v) is 7.37. The van der Waals surface area contributed by atoms with E-state index in [0.29, 0.717) is 35.8 Å². The van der Waals surface area contributed by atoms with Crippen molar-refractivity contribution in [2.75, 3.05) is 5.75 Å². The highest BCUT2D eigenvalue weighted by atomic mass is 32.2. The van der Waals surface area contributed by atoms with Crippen LogP contribution in [0.25, 0.3) is 10.8 Å². The third-order valence-electron chi connectivity index (χ3n) is 6.40. The average molecular weight is 465 g/mol. The Hall–Kier alpha value is -2.80. The highest BCUT2D eigenvalue weighted by molar-refractivity contribution is 7.99. The third kappa shape index (κ3) is 5.58. The molecule has 2 aromatic carbocycles. The van der Waals surface area contributed by atoms with E-state index in [9.17, 15) is 4.79 Å². The molecule has 1 N–H and O–H groups in total. The number of carbonyl (C=O) groups excluding carboxylic acids is 1. The Bertz CT molecular complexity index is 1130. The van der Waals surface area contributed by atoms with E-state index < -0.39 is 0 Å². The maximum absolute atomic E-state index is 12.5. The molecule has 0 saturated heterocycles. The molecule has 1 amide bonds. The van der Waals surface area contributed by atoms with E-state index >= 15 is 0 Å². The Morgan fingerprint density at radius 2 is 2.06 bits per heavy atom. The predicted molar refractivity (Wildman–Crippen MR) is 134 cm³/mol. The Morgan fingerprint density at radius 3 is 2.88 bits per heavy atom. The van der Waals surface area contributed by atoms with E-state index in [1.54, 1.807) is 0 Å². The lowest BCUT2D eigenvalue weighted by atomic mass is 9.86. The van der Waals surface area contributed by atoms with Crippen molar-refractivity contribution in [2.45, 2.75) is 63.9 Å². The van der Waals surface area contributed by atoms with E-state index in [-0.39, 0.29) is 11.9 Å². The fourth-order valence-corrected chi connectivity index (χ4v) is 5.24. The number of aryl methyl sites for hydroxylation is 1. The van der Waals surface area contributed by atoms with Gasteiger partial charge in [0, 0.05) is 12.6 Å². The van der Waals surface area contributed by atoms with Gasteiger partial charge in [0.1, 0.15) is 12.4 Å². The topological polar surface area (TPSA) is 69.0 Å². The minimum Gasteiger partial charge on any atom is -0.485 e. The zero-order chi connectivity index (χ0) is 23.2. The summed E-state index contributed by atoms with van der Waals surface area (Å²) in [6.07, 6.45) is 6.51. The molecule has 3 aromatic rings. The number of fused-ring (bicyclic) bond motifs is 1. The largest absolute Gasteiger partial charge is 0.485 e. The van der Waals surface area contributed by atoms with Crippen LogP contribution in [0.3, 0.4) is 0 Å². The first-order valence-electron chi connectivity index (χ1n) is 11.6. The van der Waals surface area contributed by atoms with Crippen molar-refractivity contribution >= 4 is 28.4 Å². The molecule has 1 heterocycles. The Kier molecular flexibility index (Phi) is 7.70. The molecule has 4 rings (SSSR count). The van der Waals surface area contributed by atoms with Crippen LogP contribution in [0.15, 0.2) is 54.2 Å². The second-order valence-corrected chi connectivity index (χ2v) is 9.66. The van der Waals surface area contributed by atoms with Crippen molar-refractivity contribution in [3.8, 4) is 5.75 Å². The van der Waals surface area contributed by atoms with Crippen LogP contribution in [-0.4, -0.2) is 32.5 Å². The lowest BCUT2D eigenvalue weighted by Gasteiger charge is -2.29. The normalized spacial score (nSPS) is 18.2. The molecule has 1 aliphatic carbocycles. The molecule has 174 valence electrons. The minimum atomic E-state index is 0.0523. The highest BCUT2D eigenvalue weighted by Crippen LogP contribution is 2.28. The fourth-order valence-electron chi connectivity index (χ4n) is 4.46. The van der Waals surface area contributed by atoms with Gasteiger partial charge in [-0.3, -0.25) is 9.36 Å². The molecular weight excluding hydrogens is 432 g/mol. The number of carbonyl (C=O) groups is 1. The van der Waals surface area contributed by atoms with E-state index in [1.807, 2.05) is 28.8 Å². The predicted octanol–water partition coefficient (Wildman–Crippen LogP) is 5.29. The van der Waals surface area contributed by atoms with Gasteiger partial charge in [-0.25, -0.2) is 0 Å². The summed E-state index contributed by atoms with van der Waals surface area (Å²) in [5.74, 6) is 2.46. The number of allylic oxidation sites excluding steroid dienone is 1. The van der Waals surface area contributed by atoms with Crippen molar-refractivity contribution in [1.82, 2.24) is 20.1 Å². The number of nitrogens with one attached hydrogen (secondary N) is 1. The zero-order valence-corrected chi connectivity index (χ0v) is 20.2. The Morgan fingerprint density at radius 1 is 1.24 bits per heavy atom. The van der Waals surface area contributed by atoms with Crippen molar-refractivity contribution < 1.29 is 9.53 Å². The standard InChI is InChI=1S/C26H32N4O2S/c1-4-15-30-24(16-32-23-14-13-20-10-6-7-11-21(20)19(23)3)28-29-26(30)33-17-25(31)27-22-12-8-5-9-18(22)2/h4,6-7,10-11,13-14,18,22H,1,5,8-9,12,15-17H2,2-3H3,(H,27,31)/t18-,22+/m1/s1. The number of ether oxygens (including phenoxy) is 1. The van der Waals surface area contributed by atoms with Crippen LogP contribution in [0, 0.1) is 12.8 Å². The SMILES string of the molecule is C=CCn1c(COc2ccc3ccccc3c2C)nnc1SCC(=O)N[C@H]1CCCC[C@H]1C. The van der Waals surface area contributed by atoms with Crippen LogP contribution in [-0.2, 0) is 17.9 Å². The summed E-state index contributed by atoms with van der Waals surface area (Å²) in [4.78, 5) is 12.5. The van der Waals surface area contributed by atoms with Crippen LogP contribution in [0.5, 0.6) is 5.75 Å². The summed E-state index contributed by atoms with van der Waals surface area (Å²) in [6, 6.07) is 12.6. The molecule has 0 aliphatic heterocycles. The molecule has 1 aliphatic rings. The number of thioether (sulfide) groups is 1. The highest BCUT2D eigenvalue weighted by Gasteiger charge is 2.23. The van der Waals surface area contributed by atoms with Gasteiger partial charge in [-0.2, -0.15) is 0 Å². The molecule has 0 bridgehead atoms. The number of benzene rings is 2. The lowest BCUT2D eigenvalue weighted by Crippen LogP contribution is -2.41. The summed E-state index contributed by atoms with van der Waals surface area (Å²) in [6.45, 7) is 9.01. The average Bonchev–Trinajstić information content (AvgIpc) is 3.21. The molecule has 1 aromatic heterocycles. The van der Waals surface area contributed by atoms with Crippen molar-refractivity contribution in [2.24, 2.45) is 5.92 Å². The molecule has 1 saturated carbocycles. The molecule has 2 atom stereocenters. The van der Waals surface area contributed by atoms with Crippen molar-refractivity contribution in [3.63, 3.8) is 0 Å². The number of hydrogen-bond donors (Lipinski definition) is 1. The minimum absolute atomic E-state index is 0.0523. The van der Waals surface area contributed by atoms with Gasteiger partial charge in [0.15, 0.2) is 11.0 Å². The molecule has 0 unspecified atom stereocenters. The molecular formula is C26H32N4O2S. The number of hydrogen-bond acceptors (Lipinski definition) is 5. The Balaban J connectivity index is 1.40. The number of rotatable bonds is 9. The van der Waals surface area contributed by atoms with E-state index in [0.717, 1.165) is 17.7 Å². The van der Waals surface area contributed by atoms with Gasteiger partial charge in [-0.1, -0.05) is 67.9 Å². The molecule has 0 spiro atoms. The van der Waals surface area contributed by atoms with Crippen molar-refractivity contribution in [1.29, 1.82) is 0 Å². The first-order valence-corrected chi connectivity index (χ1v) is 12.6. The van der Waals surface area contributed by atoms with Crippen LogP contribution in [0.2, 0.25) is 0 Å². The maximum atomic E-state index is 12.5. The number of aromatic nitrogens is 3. The maximum Gasteiger partial charge on any atom is 0.230 e. The van der Waals surface area contributed by atoms with Crippen LogP contribution in [0.4, 0.5) is 0 Å². The lowest BCUT2D eigenvalue weighted by molar-refractivity contribution is -0.119. The fraction of sp³-hybridized carbons (Fsp3) is 0.423. The molecule has 6 nitrogen and oxygen atoms in total. The van der Waals surface area contributed by atoms with Gasteiger partial charge in [0.05, 0.1) is 5.75 Å². The monoisotopic (exact) mass is 464 g/mol. The molecule has 1 fully saturated rings. The summed E-state index contributed by atoms with van der Waals surface area (Å²) in [7, 11) is 0. The van der Waals surface area contributed by atoms with Gasteiger partial charge in [-0.05, 0) is 48.1 Å². The van der Waals surface area contributed by atoms with E-state index in [2.05, 4.69) is 54.1 Å². The number of amides is 1. The number of nitrogens with zero attached hydrogens (tertiary/aromatic N) is 3. The Labute approximate surface area is 199 Å². The van der Waals surface area contributed by atoms with Gasteiger partial charge < -0.3 is 10.1 Å². The summed E-state index contributed by atoms with van der Waals surface area (Å²) < 4.78 is 8.09. The van der Waals surface area contributed by atoms with Gasteiger partial charge in [0.2, 0.25) is 5.91 Å². The van der Waals surface area contributed by atoms with E-state index in [1.165, 1.54) is 41.8 Å². The van der Waals surface area contributed by atoms with Crippen molar-refractivity contribution in [3.05, 3.63) is 60.4 Å². The van der Waals surface area contributed by atoms with Gasteiger partial charge in [0.25, 0.3) is 0 Å². The van der Waals surface area contributed by atoms with Crippen LogP contribution < -0.4 is 10.1 Å². The van der Waals surface area contributed by atoms with Gasteiger partial charge in [-0.15, -0.1) is 16.8 Å². The first kappa shape index (κ1) is 23.4. The second-order valence-electron chi connectivity index (χ2n) is 8.72. The zero-order valence-electron chi connectivity index (χ0n) is 19.4. The molecule has 33 heavy (non-hydrogen) atoms.